The van der Waals surface area contributed by atoms with E-state index in [1.807, 2.05) is 38.1 Å². The first-order valence-electron chi connectivity index (χ1n) is 6.24. The van der Waals surface area contributed by atoms with Crippen molar-refractivity contribution in [1.29, 1.82) is 0 Å². The number of aromatic nitrogens is 2. The van der Waals surface area contributed by atoms with Crippen LogP contribution in [0.1, 0.15) is 39.9 Å². The van der Waals surface area contributed by atoms with Gasteiger partial charge in [0.1, 0.15) is 5.82 Å². The number of aryl methyl sites for hydroxylation is 2. The van der Waals surface area contributed by atoms with E-state index in [0.29, 0.717) is 24.4 Å². The van der Waals surface area contributed by atoms with Gasteiger partial charge < -0.3 is 5.11 Å². The molecule has 0 bridgehead atoms. The van der Waals surface area contributed by atoms with Crippen molar-refractivity contribution >= 4 is 5.97 Å². The van der Waals surface area contributed by atoms with Crippen LogP contribution in [0, 0.1) is 6.92 Å². The molecule has 0 fully saturated rings. The summed E-state index contributed by atoms with van der Waals surface area (Å²) < 4.78 is 0. The molecule has 2 rings (SSSR count). The first kappa shape index (κ1) is 13.2. The predicted octanol–water partition coefficient (Wildman–Crippen LogP) is 2.64. The fourth-order valence-corrected chi connectivity index (χ4v) is 1.97. The van der Waals surface area contributed by atoms with Gasteiger partial charge in [0.05, 0.1) is 11.3 Å². The third kappa shape index (κ3) is 2.96. The highest BCUT2D eigenvalue weighted by atomic mass is 16.4. The summed E-state index contributed by atoms with van der Waals surface area (Å²) in [4.78, 5) is 19.5. The van der Waals surface area contributed by atoms with Gasteiger partial charge in [0.2, 0.25) is 0 Å². The van der Waals surface area contributed by atoms with Gasteiger partial charge >= 0.3 is 5.97 Å². The Balaban J connectivity index is 2.32. The van der Waals surface area contributed by atoms with E-state index < -0.39 is 5.97 Å². The molecule has 0 spiro atoms. The highest BCUT2D eigenvalue weighted by molar-refractivity contribution is 5.88. The van der Waals surface area contributed by atoms with E-state index >= 15 is 0 Å². The van der Waals surface area contributed by atoms with Crippen molar-refractivity contribution < 1.29 is 9.90 Å². The molecular formula is C15H16N2O2. The molecule has 2 aromatic rings. The fraction of sp³-hybridized carbons (Fsp3) is 0.267. The van der Waals surface area contributed by atoms with Gasteiger partial charge in [-0.05, 0) is 24.5 Å². The smallest absolute Gasteiger partial charge is 0.339 e. The van der Waals surface area contributed by atoms with Crippen LogP contribution in [-0.4, -0.2) is 21.0 Å². The minimum absolute atomic E-state index is 0.191. The lowest BCUT2D eigenvalue weighted by atomic mass is 10.1. The van der Waals surface area contributed by atoms with Gasteiger partial charge in [-0.25, -0.2) is 14.8 Å². The second-order valence-corrected chi connectivity index (χ2v) is 4.41. The first-order chi connectivity index (χ1) is 9.11. The fourth-order valence-electron chi connectivity index (χ4n) is 1.97. The van der Waals surface area contributed by atoms with Gasteiger partial charge in [-0.3, -0.25) is 0 Å². The zero-order valence-electron chi connectivity index (χ0n) is 11.1. The molecule has 0 saturated carbocycles. The molecule has 1 aromatic carbocycles. The average Bonchev–Trinajstić information content (AvgIpc) is 2.41. The van der Waals surface area contributed by atoms with Crippen LogP contribution < -0.4 is 0 Å². The molecule has 19 heavy (non-hydrogen) atoms. The molecule has 4 heteroatoms. The lowest BCUT2D eigenvalue weighted by Gasteiger charge is -2.07. The molecule has 0 unspecified atom stereocenters. The van der Waals surface area contributed by atoms with Gasteiger partial charge in [0, 0.05) is 12.6 Å². The molecule has 4 nitrogen and oxygen atoms in total. The summed E-state index contributed by atoms with van der Waals surface area (Å²) in [5, 5.41) is 9.04. The summed E-state index contributed by atoms with van der Waals surface area (Å²) in [6, 6.07) is 8.05. The topological polar surface area (TPSA) is 63.1 Å². The summed E-state index contributed by atoms with van der Waals surface area (Å²) in [6.45, 7) is 3.94. The van der Waals surface area contributed by atoms with Crippen LogP contribution in [0.15, 0.2) is 30.5 Å². The average molecular weight is 256 g/mol. The maximum Gasteiger partial charge on any atom is 0.339 e. The van der Waals surface area contributed by atoms with E-state index in [1.165, 1.54) is 11.8 Å². The van der Waals surface area contributed by atoms with E-state index in [-0.39, 0.29) is 5.56 Å². The van der Waals surface area contributed by atoms with Crippen LogP contribution in [0.4, 0.5) is 0 Å². The number of carbonyl (C=O) groups is 1. The maximum absolute atomic E-state index is 11.0. The monoisotopic (exact) mass is 256 g/mol. The van der Waals surface area contributed by atoms with Gasteiger partial charge in [0.15, 0.2) is 0 Å². The third-order valence-corrected chi connectivity index (χ3v) is 3.09. The predicted molar refractivity (Wildman–Crippen MR) is 72.4 cm³/mol. The number of rotatable bonds is 4. The molecule has 0 radical (unpaired) electrons. The van der Waals surface area contributed by atoms with Crippen LogP contribution >= 0.6 is 0 Å². The molecule has 1 heterocycles. The quantitative estimate of drug-likeness (QED) is 0.913. The Morgan fingerprint density at radius 3 is 2.68 bits per heavy atom. The molecular weight excluding hydrogens is 240 g/mol. The van der Waals surface area contributed by atoms with Gasteiger partial charge in [-0.1, -0.05) is 31.2 Å². The molecule has 0 saturated heterocycles. The number of hydrogen-bond donors (Lipinski definition) is 1. The number of carboxylic acid groups (broad SMARTS) is 1. The standard InChI is InChI=1S/C15H16N2O2/c1-3-13-12(15(18)19)9-16-14(17-13)8-11-7-5-4-6-10(11)2/h4-7,9H,3,8H2,1-2H3,(H,18,19). The first-order valence-corrected chi connectivity index (χ1v) is 6.24. The van der Waals surface area contributed by atoms with Gasteiger partial charge in [-0.15, -0.1) is 0 Å². The Morgan fingerprint density at radius 2 is 2.05 bits per heavy atom. The minimum atomic E-state index is -0.973. The Labute approximate surface area is 112 Å². The van der Waals surface area contributed by atoms with Crippen molar-refractivity contribution in [1.82, 2.24) is 9.97 Å². The number of nitrogens with zero attached hydrogens (tertiary/aromatic N) is 2. The Kier molecular flexibility index (Phi) is 3.90. The van der Waals surface area contributed by atoms with E-state index in [4.69, 9.17) is 5.11 Å². The van der Waals surface area contributed by atoms with Crippen LogP contribution in [0.5, 0.6) is 0 Å². The molecule has 0 aliphatic heterocycles. The lowest BCUT2D eigenvalue weighted by Crippen LogP contribution is -2.09. The number of hydrogen-bond acceptors (Lipinski definition) is 3. The summed E-state index contributed by atoms with van der Waals surface area (Å²) >= 11 is 0. The van der Waals surface area contributed by atoms with Crippen molar-refractivity contribution in [2.24, 2.45) is 0 Å². The Morgan fingerprint density at radius 1 is 1.32 bits per heavy atom. The SMILES string of the molecule is CCc1nc(Cc2ccccc2C)ncc1C(=O)O. The van der Waals surface area contributed by atoms with E-state index in [0.717, 1.165) is 5.56 Å². The van der Waals surface area contributed by atoms with E-state index in [2.05, 4.69) is 9.97 Å². The summed E-state index contributed by atoms with van der Waals surface area (Å²) in [5.41, 5.74) is 3.13. The summed E-state index contributed by atoms with van der Waals surface area (Å²) in [6.07, 6.45) is 2.62. The maximum atomic E-state index is 11.0. The summed E-state index contributed by atoms with van der Waals surface area (Å²) in [7, 11) is 0. The highest BCUT2D eigenvalue weighted by Crippen LogP contribution is 2.13. The molecule has 1 N–H and O–H groups in total. The largest absolute Gasteiger partial charge is 0.478 e. The number of carboxylic acids is 1. The van der Waals surface area contributed by atoms with Crippen LogP contribution in [-0.2, 0) is 12.8 Å². The third-order valence-electron chi connectivity index (χ3n) is 3.09. The Bertz CT molecular complexity index is 609. The molecule has 1 aromatic heterocycles. The van der Waals surface area contributed by atoms with E-state index in [1.54, 1.807) is 0 Å². The lowest BCUT2D eigenvalue weighted by molar-refractivity contribution is 0.0694. The Hall–Kier alpha value is -2.23. The van der Waals surface area contributed by atoms with Crippen molar-refractivity contribution in [3.05, 3.63) is 58.7 Å². The molecule has 0 amide bonds. The minimum Gasteiger partial charge on any atom is -0.478 e. The van der Waals surface area contributed by atoms with Gasteiger partial charge in [0.25, 0.3) is 0 Å². The van der Waals surface area contributed by atoms with E-state index in [9.17, 15) is 4.79 Å². The summed E-state index contributed by atoms with van der Waals surface area (Å²) in [5.74, 6) is -0.310. The second-order valence-electron chi connectivity index (χ2n) is 4.41. The van der Waals surface area contributed by atoms with Crippen molar-refractivity contribution in [3.63, 3.8) is 0 Å². The van der Waals surface area contributed by atoms with Crippen LogP contribution in [0.25, 0.3) is 0 Å². The van der Waals surface area contributed by atoms with Crippen molar-refractivity contribution in [3.8, 4) is 0 Å². The van der Waals surface area contributed by atoms with Gasteiger partial charge in [-0.2, -0.15) is 0 Å². The molecule has 98 valence electrons. The number of aromatic carboxylic acids is 1. The van der Waals surface area contributed by atoms with Crippen molar-refractivity contribution in [2.45, 2.75) is 26.7 Å². The molecule has 0 aliphatic rings. The zero-order valence-corrected chi connectivity index (χ0v) is 11.1. The normalized spacial score (nSPS) is 10.4. The number of benzene rings is 1. The highest BCUT2D eigenvalue weighted by Gasteiger charge is 2.12. The second kappa shape index (κ2) is 5.61. The van der Waals surface area contributed by atoms with Crippen molar-refractivity contribution in [2.75, 3.05) is 0 Å². The van der Waals surface area contributed by atoms with Crippen LogP contribution in [0.2, 0.25) is 0 Å². The molecule has 0 aliphatic carbocycles. The molecule has 0 atom stereocenters. The zero-order chi connectivity index (χ0) is 13.8. The van der Waals surface area contributed by atoms with Crippen LogP contribution in [0.3, 0.4) is 0 Å².